The number of fused-ring (bicyclic) bond motifs is 1. The van der Waals surface area contributed by atoms with E-state index in [1.165, 1.54) is 16.1 Å². The van der Waals surface area contributed by atoms with Gasteiger partial charge >= 0.3 is 0 Å². The molecule has 1 unspecified atom stereocenters. The number of nitrogens with one attached hydrogen (secondary N) is 1. The van der Waals surface area contributed by atoms with Gasteiger partial charge in [-0.05, 0) is 30.5 Å². The first kappa shape index (κ1) is 11.3. The Morgan fingerprint density at radius 1 is 1.56 bits per heavy atom. The highest BCUT2D eigenvalue weighted by Gasteiger charge is 2.17. The molecule has 1 aliphatic heterocycles. The van der Waals surface area contributed by atoms with Crippen molar-refractivity contribution in [3.63, 3.8) is 0 Å². The van der Waals surface area contributed by atoms with Gasteiger partial charge in [-0.2, -0.15) is 5.26 Å². The van der Waals surface area contributed by atoms with E-state index in [2.05, 4.69) is 36.5 Å². The zero-order valence-electron chi connectivity index (χ0n) is 9.49. The Morgan fingerprint density at radius 2 is 2.44 bits per heavy atom. The molecule has 0 saturated carbocycles. The van der Waals surface area contributed by atoms with Crippen LogP contribution in [-0.4, -0.2) is 11.8 Å². The fourth-order valence-corrected chi connectivity index (χ4v) is 3.02. The number of thioether (sulfide) groups is 1. The van der Waals surface area contributed by atoms with Crippen LogP contribution in [0.1, 0.15) is 25.3 Å². The molecule has 2 rings (SSSR count). The van der Waals surface area contributed by atoms with E-state index in [4.69, 9.17) is 5.26 Å². The molecule has 0 radical (unpaired) electrons. The number of nitrogens with zero attached hydrogens (tertiary/aromatic N) is 1. The summed E-state index contributed by atoms with van der Waals surface area (Å²) in [4.78, 5) is 1.35. The third-order valence-corrected chi connectivity index (χ3v) is 4.08. The van der Waals surface area contributed by atoms with Gasteiger partial charge in [-0.15, -0.1) is 11.8 Å². The fourth-order valence-electron chi connectivity index (χ4n) is 1.87. The molecule has 0 saturated heterocycles. The topological polar surface area (TPSA) is 35.8 Å². The summed E-state index contributed by atoms with van der Waals surface area (Å²) < 4.78 is 0. The van der Waals surface area contributed by atoms with Crippen molar-refractivity contribution >= 4 is 17.4 Å². The summed E-state index contributed by atoms with van der Waals surface area (Å²) in [6.07, 6.45) is 2.67. The average Bonchev–Trinajstić information content (AvgIpc) is 2.35. The standard InChI is InChI=1S/C13H16N2S/c1-2-10-5-6-12-13(8-10)16-9-11(15-12)4-3-7-14/h5-6,8,11,15H,2-4,9H2,1H3. The van der Waals surface area contributed by atoms with Crippen molar-refractivity contribution in [1.82, 2.24) is 0 Å². The van der Waals surface area contributed by atoms with Gasteiger partial charge in [-0.3, -0.25) is 0 Å². The molecule has 3 heteroatoms. The molecule has 16 heavy (non-hydrogen) atoms. The Morgan fingerprint density at radius 3 is 3.19 bits per heavy atom. The van der Waals surface area contributed by atoms with Gasteiger partial charge in [-0.25, -0.2) is 0 Å². The van der Waals surface area contributed by atoms with Gasteiger partial charge in [0, 0.05) is 28.8 Å². The number of nitriles is 1. The van der Waals surface area contributed by atoms with Gasteiger partial charge in [0.2, 0.25) is 0 Å². The molecular formula is C13H16N2S. The van der Waals surface area contributed by atoms with Crippen LogP contribution in [-0.2, 0) is 6.42 Å². The summed E-state index contributed by atoms with van der Waals surface area (Å²) >= 11 is 1.90. The largest absolute Gasteiger partial charge is 0.381 e. The highest BCUT2D eigenvalue weighted by molar-refractivity contribution is 7.99. The van der Waals surface area contributed by atoms with Gasteiger partial charge in [-0.1, -0.05) is 13.0 Å². The number of hydrogen-bond acceptors (Lipinski definition) is 3. The number of rotatable bonds is 3. The molecule has 1 aromatic carbocycles. The molecule has 1 N–H and O–H groups in total. The Labute approximate surface area is 101 Å². The minimum Gasteiger partial charge on any atom is -0.381 e. The molecule has 0 aliphatic carbocycles. The van der Waals surface area contributed by atoms with Gasteiger partial charge in [0.15, 0.2) is 0 Å². The molecule has 1 aromatic rings. The summed E-state index contributed by atoms with van der Waals surface area (Å²) in [7, 11) is 0. The third-order valence-electron chi connectivity index (χ3n) is 2.86. The maximum absolute atomic E-state index is 8.58. The van der Waals surface area contributed by atoms with Crippen molar-refractivity contribution in [3.05, 3.63) is 23.8 Å². The molecule has 0 aromatic heterocycles. The molecule has 1 aliphatic rings. The minimum atomic E-state index is 0.449. The summed E-state index contributed by atoms with van der Waals surface area (Å²) in [5, 5.41) is 12.1. The third kappa shape index (κ3) is 2.51. The number of benzene rings is 1. The molecular weight excluding hydrogens is 216 g/mol. The summed E-state index contributed by atoms with van der Waals surface area (Å²) in [5.41, 5.74) is 2.62. The first-order chi connectivity index (χ1) is 7.83. The Hall–Kier alpha value is -1.14. The predicted octanol–water partition coefficient (Wildman–Crippen LogP) is 3.44. The van der Waals surface area contributed by atoms with Gasteiger partial charge in [0.05, 0.1) is 6.07 Å². The molecule has 0 fully saturated rings. The molecule has 0 amide bonds. The van der Waals surface area contributed by atoms with Crippen LogP contribution in [0.25, 0.3) is 0 Å². The first-order valence-electron chi connectivity index (χ1n) is 5.72. The average molecular weight is 232 g/mol. The zero-order chi connectivity index (χ0) is 11.4. The Bertz CT molecular complexity index is 409. The lowest BCUT2D eigenvalue weighted by Gasteiger charge is -2.26. The van der Waals surface area contributed by atoms with Crippen molar-refractivity contribution in [2.45, 2.75) is 37.1 Å². The van der Waals surface area contributed by atoms with Gasteiger partial charge < -0.3 is 5.32 Å². The molecule has 2 nitrogen and oxygen atoms in total. The minimum absolute atomic E-state index is 0.449. The maximum Gasteiger partial charge on any atom is 0.0622 e. The Kier molecular flexibility index (Phi) is 3.74. The van der Waals surface area contributed by atoms with Crippen LogP contribution in [0.5, 0.6) is 0 Å². The quantitative estimate of drug-likeness (QED) is 0.867. The van der Waals surface area contributed by atoms with Crippen molar-refractivity contribution in [2.75, 3.05) is 11.1 Å². The fraction of sp³-hybridized carbons (Fsp3) is 0.462. The van der Waals surface area contributed by atoms with Gasteiger partial charge in [0.25, 0.3) is 0 Å². The van der Waals surface area contributed by atoms with E-state index in [0.717, 1.165) is 18.6 Å². The maximum atomic E-state index is 8.58. The molecule has 0 spiro atoms. The van der Waals surface area contributed by atoms with E-state index in [9.17, 15) is 0 Å². The number of anilines is 1. The van der Waals surface area contributed by atoms with Crippen LogP contribution in [0, 0.1) is 11.3 Å². The highest BCUT2D eigenvalue weighted by Crippen LogP contribution is 2.34. The first-order valence-corrected chi connectivity index (χ1v) is 6.71. The van der Waals surface area contributed by atoms with Crippen LogP contribution in [0.15, 0.2) is 23.1 Å². The normalized spacial score (nSPS) is 18.4. The number of aryl methyl sites for hydroxylation is 1. The van der Waals surface area contributed by atoms with E-state index in [1.807, 2.05) is 11.8 Å². The van der Waals surface area contributed by atoms with Crippen LogP contribution in [0.4, 0.5) is 5.69 Å². The second-order valence-corrected chi connectivity index (χ2v) is 5.09. The van der Waals surface area contributed by atoms with Gasteiger partial charge in [0.1, 0.15) is 0 Å². The van der Waals surface area contributed by atoms with E-state index in [-0.39, 0.29) is 0 Å². The van der Waals surface area contributed by atoms with Crippen LogP contribution >= 0.6 is 11.8 Å². The molecule has 1 heterocycles. The van der Waals surface area contributed by atoms with Crippen molar-refractivity contribution in [2.24, 2.45) is 0 Å². The SMILES string of the molecule is CCc1ccc2c(c1)SCC(CCC#N)N2. The van der Waals surface area contributed by atoms with E-state index >= 15 is 0 Å². The lowest BCUT2D eigenvalue weighted by atomic mass is 10.1. The lowest BCUT2D eigenvalue weighted by Crippen LogP contribution is -2.25. The molecule has 84 valence electrons. The highest BCUT2D eigenvalue weighted by atomic mass is 32.2. The van der Waals surface area contributed by atoms with E-state index in [0.29, 0.717) is 12.5 Å². The van der Waals surface area contributed by atoms with Crippen LogP contribution in [0.3, 0.4) is 0 Å². The van der Waals surface area contributed by atoms with E-state index < -0.39 is 0 Å². The summed E-state index contributed by atoms with van der Waals surface area (Å²) in [6, 6.07) is 9.27. The second-order valence-electron chi connectivity index (χ2n) is 4.03. The van der Waals surface area contributed by atoms with Crippen LogP contribution in [0.2, 0.25) is 0 Å². The van der Waals surface area contributed by atoms with E-state index in [1.54, 1.807) is 0 Å². The smallest absolute Gasteiger partial charge is 0.0622 e. The van der Waals surface area contributed by atoms with Crippen molar-refractivity contribution in [3.8, 4) is 6.07 Å². The zero-order valence-corrected chi connectivity index (χ0v) is 10.3. The number of hydrogen-bond donors (Lipinski definition) is 1. The van der Waals surface area contributed by atoms with Crippen LogP contribution < -0.4 is 5.32 Å². The Balaban J connectivity index is 2.07. The predicted molar refractivity (Wildman–Crippen MR) is 68.8 cm³/mol. The summed E-state index contributed by atoms with van der Waals surface area (Å²) in [5.74, 6) is 1.07. The van der Waals surface area contributed by atoms with Crippen molar-refractivity contribution in [1.29, 1.82) is 5.26 Å². The summed E-state index contributed by atoms with van der Waals surface area (Å²) in [6.45, 7) is 2.18. The molecule has 0 bridgehead atoms. The molecule has 1 atom stereocenters. The second kappa shape index (κ2) is 5.27. The lowest BCUT2D eigenvalue weighted by molar-refractivity contribution is 0.724. The van der Waals surface area contributed by atoms with Crippen molar-refractivity contribution < 1.29 is 0 Å². The monoisotopic (exact) mass is 232 g/mol.